The van der Waals surface area contributed by atoms with Crippen LogP contribution in [0.1, 0.15) is 0 Å². The van der Waals surface area contributed by atoms with Crippen LogP contribution in [0.3, 0.4) is 0 Å². The van der Waals surface area contributed by atoms with Crippen LogP contribution in [0.5, 0.6) is 0 Å². The Bertz CT molecular complexity index is 237. The second-order valence-corrected chi connectivity index (χ2v) is 2.44. The van der Waals surface area contributed by atoms with Crippen molar-refractivity contribution in [3.05, 3.63) is 0 Å². The highest BCUT2D eigenvalue weighted by Gasteiger charge is 2.49. The van der Waals surface area contributed by atoms with E-state index < -0.39 is 37.0 Å². The molecule has 0 saturated carbocycles. The average Bonchev–Trinajstić information content (AvgIpc) is 2.11. The normalized spacial score (nSPS) is 33.9. The average molecular weight is 192 g/mol. The number of aliphatic hydroxyl groups excluding tert-OH is 2. The quantitative estimate of drug-likeness (QED) is 0.403. The molecule has 1 saturated heterocycles. The predicted molar refractivity (Wildman–Crippen MR) is 35.1 cm³/mol. The van der Waals surface area contributed by atoms with Gasteiger partial charge >= 0.3 is 17.7 Å². The maximum atomic E-state index is 10.8. The second kappa shape index (κ2) is 3.29. The number of hydrogen-bond donors (Lipinski definition) is 3. The Labute approximate surface area is 72.5 Å². The third-order valence-electron chi connectivity index (χ3n) is 1.48. The molecule has 2 atom stereocenters. The molecular formula is C6H8O7. The number of ether oxygens (including phenoxy) is 2. The molecule has 0 radical (unpaired) electrons. The number of hydrogen-bond acceptors (Lipinski definition) is 7. The molecule has 3 N–H and O–H groups in total. The van der Waals surface area contributed by atoms with Crippen molar-refractivity contribution < 1.29 is 34.4 Å². The van der Waals surface area contributed by atoms with Crippen LogP contribution in [0, 0.1) is 0 Å². The van der Waals surface area contributed by atoms with Crippen molar-refractivity contribution in [1.82, 2.24) is 0 Å². The molecule has 7 nitrogen and oxygen atoms in total. The lowest BCUT2D eigenvalue weighted by Crippen LogP contribution is -2.56. The van der Waals surface area contributed by atoms with Crippen molar-refractivity contribution in [3.63, 3.8) is 0 Å². The monoisotopic (exact) mass is 192 g/mol. The molecule has 2 unspecified atom stereocenters. The Balaban J connectivity index is 2.78. The molecule has 1 rings (SSSR count). The van der Waals surface area contributed by atoms with Crippen molar-refractivity contribution in [1.29, 1.82) is 0 Å². The SMILES string of the molecule is O=C1OC(O)(CO)C(=O)OC1CO. The van der Waals surface area contributed by atoms with Crippen LogP contribution < -0.4 is 0 Å². The highest BCUT2D eigenvalue weighted by Crippen LogP contribution is 2.18. The summed E-state index contributed by atoms with van der Waals surface area (Å²) in [4.78, 5) is 21.7. The van der Waals surface area contributed by atoms with Gasteiger partial charge in [0.05, 0.1) is 6.61 Å². The summed E-state index contributed by atoms with van der Waals surface area (Å²) in [5, 5.41) is 26.1. The largest absolute Gasteiger partial charge is 0.443 e. The fraction of sp³-hybridized carbons (Fsp3) is 0.667. The lowest BCUT2D eigenvalue weighted by Gasteiger charge is -2.31. The van der Waals surface area contributed by atoms with E-state index in [9.17, 15) is 9.59 Å². The van der Waals surface area contributed by atoms with Gasteiger partial charge in [-0.2, -0.15) is 0 Å². The topological polar surface area (TPSA) is 113 Å². The molecule has 1 aliphatic rings. The molecular weight excluding hydrogens is 184 g/mol. The Morgan fingerprint density at radius 1 is 1.38 bits per heavy atom. The van der Waals surface area contributed by atoms with Gasteiger partial charge in [-0.05, 0) is 0 Å². The summed E-state index contributed by atoms with van der Waals surface area (Å²) >= 11 is 0. The maximum absolute atomic E-state index is 10.8. The van der Waals surface area contributed by atoms with Gasteiger partial charge in [-0.25, -0.2) is 9.59 Å². The van der Waals surface area contributed by atoms with Gasteiger partial charge in [0, 0.05) is 0 Å². The molecule has 0 aromatic carbocycles. The highest BCUT2D eigenvalue weighted by molar-refractivity contribution is 5.89. The zero-order valence-corrected chi connectivity index (χ0v) is 6.47. The van der Waals surface area contributed by atoms with Crippen LogP contribution in [0.2, 0.25) is 0 Å². The van der Waals surface area contributed by atoms with E-state index in [0.717, 1.165) is 0 Å². The first-order valence-corrected chi connectivity index (χ1v) is 3.41. The van der Waals surface area contributed by atoms with Crippen LogP contribution in [0.4, 0.5) is 0 Å². The fourth-order valence-corrected chi connectivity index (χ4v) is 0.752. The van der Waals surface area contributed by atoms with E-state index in [4.69, 9.17) is 15.3 Å². The molecule has 0 aliphatic carbocycles. The number of esters is 2. The number of carbonyl (C=O) groups excluding carboxylic acids is 2. The number of aliphatic hydroxyl groups is 3. The van der Waals surface area contributed by atoms with Gasteiger partial charge in [0.1, 0.15) is 6.61 Å². The summed E-state index contributed by atoms with van der Waals surface area (Å²) < 4.78 is 8.45. The van der Waals surface area contributed by atoms with Gasteiger partial charge in [0.15, 0.2) is 0 Å². The Morgan fingerprint density at radius 2 is 2.00 bits per heavy atom. The Kier molecular flexibility index (Phi) is 2.50. The van der Waals surface area contributed by atoms with E-state index >= 15 is 0 Å². The fourth-order valence-electron chi connectivity index (χ4n) is 0.752. The number of rotatable bonds is 2. The molecule has 0 amide bonds. The van der Waals surface area contributed by atoms with Crippen molar-refractivity contribution >= 4 is 11.9 Å². The van der Waals surface area contributed by atoms with Crippen LogP contribution in [0.25, 0.3) is 0 Å². The minimum atomic E-state index is -2.64. The summed E-state index contributed by atoms with van der Waals surface area (Å²) in [5.41, 5.74) is 0. The van der Waals surface area contributed by atoms with Gasteiger partial charge in [-0.15, -0.1) is 0 Å². The third-order valence-corrected chi connectivity index (χ3v) is 1.48. The zero-order chi connectivity index (χ0) is 10.1. The van der Waals surface area contributed by atoms with E-state index in [1.807, 2.05) is 0 Å². The molecule has 0 bridgehead atoms. The van der Waals surface area contributed by atoms with Crippen LogP contribution in [0.15, 0.2) is 0 Å². The smallest absolute Gasteiger partial charge is 0.383 e. The van der Waals surface area contributed by atoms with Crippen LogP contribution in [-0.2, 0) is 19.1 Å². The number of cyclic esters (lactones) is 2. The molecule has 1 aliphatic heterocycles. The molecule has 74 valence electrons. The number of carbonyl (C=O) groups is 2. The van der Waals surface area contributed by atoms with Gasteiger partial charge < -0.3 is 24.8 Å². The van der Waals surface area contributed by atoms with Crippen molar-refractivity contribution in [3.8, 4) is 0 Å². The summed E-state index contributed by atoms with van der Waals surface area (Å²) in [5.74, 6) is -5.03. The van der Waals surface area contributed by atoms with Crippen molar-refractivity contribution in [2.45, 2.75) is 11.9 Å². The third kappa shape index (κ3) is 1.62. The minimum absolute atomic E-state index is 0.730. The standard InChI is InChI=1S/C6H8O7/c7-1-3-4(9)13-6(11,2-8)5(10)12-3/h3,7-8,11H,1-2H2. The lowest BCUT2D eigenvalue weighted by atomic mass is 10.2. The molecule has 0 aromatic heterocycles. The molecule has 0 aromatic rings. The van der Waals surface area contributed by atoms with Crippen LogP contribution >= 0.6 is 0 Å². The van der Waals surface area contributed by atoms with E-state index in [1.54, 1.807) is 0 Å². The maximum Gasteiger partial charge on any atom is 0.383 e. The summed E-state index contributed by atoms with van der Waals surface area (Å²) in [7, 11) is 0. The molecule has 13 heavy (non-hydrogen) atoms. The Hall–Kier alpha value is -1.18. The second-order valence-electron chi connectivity index (χ2n) is 2.44. The van der Waals surface area contributed by atoms with Gasteiger partial charge in [-0.3, -0.25) is 0 Å². The van der Waals surface area contributed by atoms with E-state index in [1.165, 1.54) is 0 Å². The molecule has 1 fully saturated rings. The lowest BCUT2D eigenvalue weighted by molar-refractivity contribution is -0.263. The minimum Gasteiger partial charge on any atom is -0.443 e. The first-order valence-electron chi connectivity index (χ1n) is 3.41. The van der Waals surface area contributed by atoms with Crippen molar-refractivity contribution in [2.75, 3.05) is 13.2 Å². The Morgan fingerprint density at radius 3 is 2.46 bits per heavy atom. The summed E-state index contributed by atoms with van der Waals surface area (Å²) in [6.07, 6.45) is -1.43. The van der Waals surface area contributed by atoms with Gasteiger partial charge in [0.2, 0.25) is 6.10 Å². The van der Waals surface area contributed by atoms with Crippen molar-refractivity contribution in [2.24, 2.45) is 0 Å². The van der Waals surface area contributed by atoms with Crippen LogP contribution in [-0.4, -0.2) is 52.4 Å². The summed E-state index contributed by atoms with van der Waals surface area (Å²) in [6, 6.07) is 0. The molecule has 7 heteroatoms. The molecule has 1 heterocycles. The van der Waals surface area contributed by atoms with E-state index in [0.29, 0.717) is 0 Å². The predicted octanol–water partition coefficient (Wildman–Crippen LogP) is -2.87. The molecule has 0 spiro atoms. The summed E-state index contributed by atoms with van der Waals surface area (Å²) in [6.45, 7) is -1.82. The zero-order valence-electron chi connectivity index (χ0n) is 6.47. The first kappa shape index (κ1) is 9.90. The first-order chi connectivity index (χ1) is 6.03. The van der Waals surface area contributed by atoms with Gasteiger partial charge in [-0.1, -0.05) is 0 Å². The van der Waals surface area contributed by atoms with E-state index in [2.05, 4.69) is 9.47 Å². The van der Waals surface area contributed by atoms with Gasteiger partial charge in [0.25, 0.3) is 0 Å². The highest BCUT2D eigenvalue weighted by atomic mass is 16.7. The van der Waals surface area contributed by atoms with E-state index in [-0.39, 0.29) is 0 Å².